The maximum atomic E-state index is 12.2. The van der Waals surface area contributed by atoms with Crippen molar-refractivity contribution in [1.82, 2.24) is 0 Å². The summed E-state index contributed by atoms with van der Waals surface area (Å²) in [5, 5.41) is 0. The third kappa shape index (κ3) is 4.17. The Bertz CT molecular complexity index is 272. The summed E-state index contributed by atoms with van der Waals surface area (Å²) >= 11 is 0. The van der Waals surface area contributed by atoms with Gasteiger partial charge in [0, 0.05) is 0 Å². The molecular formula is C8H9BF3K. The Morgan fingerprint density at radius 1 is 1.23 bits per heavy atom. The van der Waals surface area contributed by atoms with E-state index in [1.54, 1.807) is 6.07 Å². The van der Waals surface area contributed by atoms with Gasteiger partial charge < -0.3 is 12.9 Å². The molecule has 0 aliphatic heterocycles. The Morgan fingerprint density at radius 3 is 2.31 bits per heavy atom. The maximum Gasteiger partial charge on any atom is 1.00 e. The molecule has 0 unspecified atom stereocenters. The molecule has 0 aromatic heterocycles. The van der Waals surface area contributed by atoms with Gasteiger partial charge in [-0.3, -0.25) is 0 Å². The third-order valence-electron chi connectivity index (χ3n) is 1.74. The summed E-state index contributed by atoms with van der Waals surface area (Å²) in [5.74, 6) is 0. The summed E-state index contributed by atoms with van der Waals surface area (Å²) in [4.78, 5) is 0. The van der Waals surface area contributed by atoms with Crippen LogP contribution in [0.4, 0.5) is 12.9 Å². The molecule has 0 aliphatic carbocycles. The molecule has 0 amide bonds. The van der Waals surface area contributed by atoms with E-state index >= 15 is 0 Å². The van der Waals surface area contributed by atoms with Gasteiger partial charge in [-0.1, -0.05) is 36.8 Å². The summed E-state index contributed by atoms with van der Waals surface area (Å²) in [6.45, 7) is -3.00. The predicted octanol–water partition coefficient (Wildman–Crippen LogP) is -0.693. The van der Waals surface area contributed by atoms with Gasteiger partial charge in [0.2, 0.25) is 0 Å². The second-order valence-electron chi connectivity index (χ2n) is 2.67. The predicted molar refractivity (Wildman–Crippen MR) is 44.5 cm³/mol. The average molecular weight is 212 g/mol. The normalized spacial score (nSPS) is 10.8. The molecule has 0 nitrogen and oxygen atoms in total. The van der Waals surface area contributed by atoms with Crippen LogP contribution in [0, 0.1) is 0 Å². The summed E-state index contributed by atoms with van der Waals surface area (Å²) in [5.41, 5.74) is 0.223. The van der Waals surface area contributed by atoms with Crippen molar-refractivity contribution in [1.29, 1.82) is 0 Å². The van der Waals surface area contributed by atoms with Gasteiger partial charge in [-0.2, -0.15) is 0 Å². The van der Waals surface area contributed by atoms with Gasteiger partial charge in [0.1, 0.15) is 0 Å². The Morgan fingerprint density at radius 2 is 1.85 bits per heavy atom. The Kier molecular flexibility index (Phi) is 5.86. The fraction of sp³-hybridized carbons (Fsp3) is 0.250. The fourth-order valence-corrected chi connectivity index (χ4v) is 1.02. The number of hydrogen-bond acceptors (Lipinski definition) is 0. The Hall–Kier alpha value is 0.711. The van der Waals surface area contributed by atoms with Crippen LogP contribution in [0.25, 0.3) is 0 Å². The Labute approximate surface area is 118 Å². The monoisotopic (exact) mass is 212 g/mol. The van der Waals surface area contributed by atoms with Gasteiger partial charge in [0.05, 0.1) is 0 Å². The molecule has 0 heterocycles. The molecule has 0 spiro atoms. The first-order valence-electron chi connectivity index (χ1n) is 3.83. The molecule has 0 saturated heterocycles. The van der Waals surface area contributed by atoms with Gasteiger partial charge in [0.15, 0.2) is 0 Å². The molecule has 0 radical (unpaired) electrons. The average Bonchev–Trinajstić information content (AvgIpc) is 2.03. The number of hydrogen-bond donors (Lipinski definition) is 0. The molecule has 0 fully saturated rings. The van der Waals surface area contributed by atoms with Crippen molar-refractivity contribution in [3.05, 3.63) is 29.8 Å². The minimum Gasteiger partial charge on any atom is -0.445 e. The number of benzene rings is 1. The topological polar surface area (TPSA) is 0 Å². The van der Waals surface area contributed by atoms with Crippen LogP contribution in [0.2, 0.25) is 0 Å². The van der Waals surface area contributed by atoms with Crippen LogP contribution < -0.4 is 56.8 Å². The van der Waals surface area contributed by atoms with Gasteiger partial charge in [-0.05, 0) is 6.42 Å². The summed E-state index contributed by atoms with van der Waals surface area (Å²) in [7, 11) is 0. The molecule has 0 bridgehead atoms. The van der Waals surface area contributed by atoms with E-state index in [1.165, 1.54) is 12.1 Å². The minimum absolute atomic E-state index is 0. The molecule has 1 rings (SSSR count). The zero-order chi connectivity index (χ0) is 9.19. The van der Waals surface area contributed by atoms with Crippen LogP contribution in [0.1, 0.15) is 12.5 Å². The smallest absolute Gasteiger partial charge is 0.445 e. The summed E-state index contributed by atoms with van der Waals surface area (Å²) in [6.07, 6.45) is 0.639. The van der Waals surface area contributed by atoms with E-state index in [4.69, 9.17) is 0 Å². The van der Waals surface area contributed by atoms with E-state index in [1.807, 2.05) is 6.92 Å². The van der Waals surface area contributed by atoms with Gasteiger partial charge >= 0.3 is 58.4 Å². The molecular weight excluding hydrogens is 203 g/mol. The second-order valence-corrected chi connectivity index (χ2v) is 2.67. The summed E-state index contributed by atoms with van der Waals surface area (Å²) in [6, 6.07) is 5.47. The molecule has 0 atom stereocenters. The van der Waals surface area contributed by atoms with E-state index in [0.29, 0.717) is 6.42 Å². The summed E-state index contributed by atoms with van der Waals surface area (Å²) < 4.78 is 36.5. The quantitative estimate of drug-likeness (QED) is 0.569. The van der Waals surface area contributed by atoms with Crippen LogP contribution in [0.5, 0.6) is 0 Å². The maximum absolute atomic E-state index is 12.2. The van der Waals surface area contributed by atoms with Crippen molar-refractivity contribution in [2.24, 2.45) is 0 Å². The molecule has 1 aromatic rings. The molecule has 0 saturated carbocycles. The van der Waals surface area contributed by atoms with Gasteiger partial charge in [-0.15, -0.1) is 5.46 Å². The van der Waals surface area contributed by atoms with Crippen molar-refractivity contribution < 1.29 is 64.3 Å². The fourth-order valence-electron chi connectivity index (χ4n) is 1.02. The molecule has 0 aliphatic rings. The molecule has 0 N–H and O–H groups in total. The number of aryl methyl sites for hydroxylation is 1. The van der Waals surface area contributed by atoms with Crippen LogP contribution >= 0.6 is 0 Å². The molecule has 1 aromatic carbocycles. The van der Waals surface area contributed by atoms with Crippen molar-refractivity contribution >= 4 is 12.4 Å². The van der Waals surface area contributed by atoms with E-state index in [9.17, 15) is 12.9 Å². The number of halogens is 3. The first kappa shape index (κ1) is 13.7. The first-order chi connectivity index (χ1) is 5.54. The van der Waals surface area contributed by atoms with E-state index in [2.05, 4.69) is 0 Å². The van der Waals surface area contributed by atoms with Crippen molar-refractivity contribution in [2.75, 3.05) is 0 Å². The van der Waals surface area contributed by atoms with Crippen molar-refractivity contribution in [3.63, 3.8) is 0 Å². The molecule has 5 heteroatoms. The Balaban J connectivity index is 0.00000144. The zero-order valence-corrected chi connectivity index (χ0v) is 10.9. The largest absolute Gasteiger partial charge is 1.00 e. The van der Waals surface area contributed by atoms with Crippen LogP contribution in [0.15, 0.2) is 24.3 Å². The van der Waals surface area contributed by atoms with E-state index < -0.39 is 12.4 Å². The molecule has 66 valence electrons. The molecule has 13 heavy (non-hydrogen) atoms. The van der Waals surface area contributed by atoms with Crippen LogP contribution in [-0.2, 0) is 6.42 Å². The number of rotatable bonds is 2. The van der Waals surface area contributed by atoms with Crippen molar-refractivity contribution in [3.8, 4) is 0 Å². The van der Waals surface area contributed by atoms with Crippen LogP contribution in [0.3, 0.4) is 0 Å². The first-order valence-corrected chi connectivity index (χ1v) is 3.83. The minimum atomic E-state index is -4.83. The SMILES string of the molecule is CCc1cccc([B-](F)(F)F)c1.[K+]. The van der Waals surface area contributed by atoms with Crippen molar-refractivity contribution in [2.45, 2.75) is 13.3 Å². The van der Waals surface area contributed by atoms with E-state index in [0.717, 1.165) is 11.6 Å². The van der Waals surface area contributed by atoms with E-state index in [-0.39, 0.29) is 51.4 Å². The second kappa shape index (κ2) is 5.56. The van der Waals surface area contributed by atoms with Crippen LogP contribution in [-0.4, -0.2) is 6.98 Å². The van der Waals surface area contributed by atoms with Gasteiger partial charge in [-0.25, -0.2) is 0 Å². The standard InChI is InChI=1S/C8H9BF3.K/c1-2-7-4-3-5-8(6-7)9(10,11)12;/h3-6H,2H2,1H3;/q-1;+1. The third-order valence-corrected chi connectivity index (χ3v) is 1.74. The zero-order valence-electron chi connectivity index (χ0n) is 7.73. The van der Waals surface area contributed by atoms with Gasteiger partial charge in [0.25, 0.3) is 0 Å².